The number of carbonyl (C=O) groups is 1. The number of carboxylic acids is 1. The largest absolute Gasteiger partial charge is 0.489 e. The molecule has 0 saturated heterocycles. The third-order valence-electron chi connectivity index (χ3n) is 4.04. The Bertz CT molecular complexity index is 746. The van der Waals surface area contributed by atoms with Crippen LogP contribution in [0.1, 0.15) is 37.0 Å². The van der Waals surface area contributed by atoms with E-state index in [0.29, 0.717) is 36.3 Å². The highest BCUT2D eigenvalue weighted by Gasteiger charge is 2.19. The molecule has 2 aromatic carbocycles. The van der Waals surface area contributed by atoms with E-state index in [1.165, 1.54) is 5.56 Å². The molecular weight excluding hydrogens is 350 g/mol. The maximum atomic E-state index is 11.4. The van der Waals surface area contributed by atoms with Crippen molar-refractivity contribution in [2.45, 2.75) is 46.4 Å². The summed E-state index contributed by atoms with van der Waals surface area (Å²) in [6, 6.07) is 13.0. The van der Waals surface area contributed by atoms with Gasteiger partial charge < -0.3 is 15.2 Å². The van der Waals surface area contributed by atoms with Gasteiger partial charge in [-0.05, 0) is 43.0 Å². The van der Waals surface area contributed by atoms with Crippen LogP contribution in [0.2, 0.25) is 5.02 Å². The van der Waals surface area contributed by atoms with Gasteiger partial charge in [0.15, 0.2) is 0 Å². The lowest BCUT2D eigenvalue weighted by molar-refractivity contribution is -0.140. The lowest BCUT2D eigenvalue weighted by Gasteiger charge is -2.18. The van der Waals surface area contributed by atoms with Crippen molar-refractivity contribution >= 4 is 17.6 Å². The first kappa shape index (κ1) is 20.3. The predicted octanol–water partition coefficient (Wildman–Crippen LogP) is 4.82. The molecule has 1 unspecified atom stereocenters. The fourth-order valence-electron chi connectivity index (χ4n) is 2.77. The number of hydrogen-bond acceptors (Lipinski definition) is 3. The molecular formula is C21H26ClNO3. The van der Waals surface area contributed by atoms with Crippen LogP contribution in [-0.2, 0) is 17.9 Å². The lowest BCUT2D eigenvalue weighted by atomic mass is 10.0. The number of halogens is 1. The topological polar surface area (TPSA) is 58.6 Å². The Kier molecular flexibility index (Phi) is 7.49. The zero-order valence-electron chi connectivity index (χ0n) is 15.5. The van der Waals surface area contributed by atoms with Gasteiger partial charge in [-0.2, -0.15) is 0 Å². The zero-order valence-corrected chi connectivity index (χ0v) is 16.2. The van der Waals surface area contributed by atoms with E-state index < -0.39 is 12.0 Å². The third-order valence-corrected chi connectivity index (χ3v) is 4.28. The monoisotopic (exact) mass is 375 g/mol. The number of aliphatic carboxylic acids is 1. The highest BCUT2D eigenvalue weighted by molar-refractivity contribution is 6.30. The SMILES string of the molecule is Cc1cccc(COc2ccc(Cl)cc2CNC(CC(C)C)C(=O)O)c1. The van der Waals surface area contributed by atoms with Gasteiger partial charge in [0.25, 0.3) is 0 Å². The Morgan fingerprint density at radius 3 is 2.65 bits per heavy atom. The minimum absolute atomic E-state index is 0.292. The van der Waals surface area contributed by atoms with Crippen LogP contribution in [0.15, 0.2) is 42.5 Å². The highest BCUT2D eigenvalue weighted by atomic mass is 35.5. The van der Waals surface area contributed by atoms with Gasteiger partial charge >= 0.3 is 5.97 Å². The minimum atomic E-state index is -0.844. The van der Waals surface area contributed by atoms with Gasteiger partial charge in [0.05, 0.1) is 0 Å². The Labute approximate surface area is 160 Å². The van der Waals surface area contributed by atoms with Crippen LogP contribution in [0.25, 0.3) is 0 Å². The molecule has 1 atom stereocenters. The van der Waals surface area contributed by atoms with Crippen molar-refractivity contribution in [3.63, 3.8) is 0 Å². The van der Waals surface area contributed by atoms with E-state index in [-0.39, 0.29) is 0 Å². The fraction of sp³-hybridized carbons (Fsp3) is 0.381. The van der Waals surface area contributed by atoms with Gasteiger partial charge in [0.2, 0.25) is 0 Å². The van der Waals surface area contributed by atoms with Crippen LogP contribution in [-0.4, -0.2) is 17.1 Å². The second-order valence-corrected chi connectivity index (χ2v) is 7.37. The summed E-state index contributed by atoms with van der Waals surface area (Å²) < 4.78 is 5.96. The maximum Gasteiger partial charge on any atom is 0.320 e. The molecule has 0 saturated carbocycles. The van der Waals surface area contributed by atoms with E-state index in [1.54, 1.807) is 6.07 Å². The van der Waals surface area contributed by atoms with Gasteiger partial charge in [0.1, 0.15) is 18.4 Å². The third kappa shape index (κ3) is 6.36. The van der Waals surface area contributed by atoms with Crippen LogP contribution in [0.3, 0.4) is 0 Å². The molecule has 0 aromatic heterocycles. The predicted molar refractivity (Wildman–Crippen MR) is 105 cm³/mol. The molecule has 2 N–H and O–H groups in total. The van der Waals surface area contributed by atoms with E-state index in [1.807, 2.05) is 51.1 Å². The van der Waals surface area contributed by atoms with Gasteiger partial charge in [-0.15, -0.1) is 0 Å². The summed E-state index contributed by atoms with van der Waals surface area (Å²) in [5.74, 6) is 0.153. The molecule has 0 fully saturated rings. The summed E-state index contributed by atoms with van der Waals surface area (Å²) >= 11 is 6.12. The van der Waals surface area contributed by atoms with Crippen LogP contribution in [0.4, 0.5) is 0 Å². The summed E-state index contributed by atoms with van der Waals surface area (Å²) in [7, 11) is 0. The molecule has 0 bridgehead atoms. The highest BCUT2D eigenvalue weighted by Crippen LogP contribution is 2.24. The summed E-state index contributed by atoms with van der Waals surface area (Å²) in [5.41, 5.74) is 3.12. The first-order valence-corrected chi connectivity index (χ1v) is 9.16. The molecule has 2 rings (SSSR count). The molecule has 140 valence electrons. The fourth-order valence-corrected chi connectivity index (χ4v) is 2.96. The van der Waals surface area contributed by atoms with E-state index in [2.05, 4.69) is 11.4 Å². The van der Waals surface area contributed by atoms with Crippen LogP contribution in [0, 0.1) is 12.8 Å². The molecule has 26 heavy (non-hydrogen) atoms. The number of hydrogen-bond donors (Lipinski definition) is 2. The lowest BCUT2D eigenvalue weighted by Crippen LogP contribution is -2.37. The van der Waals surface area contributed by atoms with Crippen molar-refractivity contribution in [3.05, 3.63) is 64.2 Å². The molecule has 4 nitrogen and oxygen atoms in total. The average molecular weight is 376 g/mol. The summed E-state index contributed by atoms with van der Waals surface area (Å²) in [5, 5.41) is 13.1. The van der Waals surface area contributed by atoms with Crippen LogP contribution < -0.4 is 10.1 Å². The Morgan fingerprint density at radius 1 is 1.23 bits per heavy atom. The first-order chi connectivity index (χ1) is 12.3. The molecule has 0 aliphatic heterocycles. The molecule has 2 aromatic rings. The normalized spacial score (nSPS) is 12.2. The molecule has 0 heterocycles. The smallest absolute Gasteiger partial charge is 0.320 e. The molecule has 0 spiro atoms. The van der Waals surface area contributed by atoms with Gasteiger partial charge in [-0.25, -0.2) is 0 Å². The molecule has 0 amide bonds. The zero-order chi connectivity index (χ0) is 19.1. The number of benzene rings is 2. The summed E-state index contributed by atoms with van der Waals surface area (Å²) in [6.07, 6.45) is 0.565. The Balaban J connectivity index is 2.07. The van der Waals surface area contributed by atoms with Gasteiger partial charge in [0, 0.05) is 17.1 Å². The second-order valence-electron chi connectivity index (χ2n) is 6.93. The summed E-state index contributed by atoms with van der Waals surface area (Å²) in [4.78, 5) is 11.4. The number of carboxylic acid groups (broad SMARTS) is 1. The molecule has 0 aliphatic rings. The van der Waals surface area contributed by atoms with Gasteiger partial charge in [-0.1, -0.05) is 55.3 Å². The summed E-state index contributed by atoms with van der Waals surface area (Å²) in [6.45, 7) is 6.89. The van der Waals surface area contributed by atoms with E-state index in [0.717, 1.165) is 11.1 Å². The molecule has 0 aliphatic carbocycles. The Hall–Kier alpha value is -2.04. The number of nitrogens with one attached hydrogen (secondary N) is 1. The number of rotatable bonds is 9. The van der Waals surface area contributed by atoms with E-state index in [9.17, 15) is 9.90 Å². The van der Waals surface area contributed by atoms with E-state index >= 15 is 0 Å². The minimum Gasteiger partial charge on any atom is -0.489 e. The van der Waals surface area contributed by atoms with E-state index in [4.69, 9.17) is 16.3 Å². The number of aryl methyl sites for hydroxylation is 1. The van der Waals surface area contributed by atoms with Gasteiger partial charge in [-0.3, -0.25) is 4.79 Å². The first-order valence-electron chi connectivity index (χ1n) is 8.78. The standard InChI is InChI=1S/C21H26ClNO3/c1-14(2)9-19(21(24)25)23-12-17-11-18(22)7-8-20(17)26-13-16-6-4-5-15(3)10-16/h4-8,10-11,14,19,23H,9,12-13H2,1-3H3,(H,24,25). The second kappa shape index (κ2) is 9.60. The van der Waals surface area contributed by atoms with Crippen molar-refractivity contribution in [2.75, 3.05) is 0 Å². The van der Waals surface area contributed by atoms with Crippen molar-refractivity contribution in [1.29, 1.82) is 0 Å². The van der Waals surface area contributed by atoms with Crippen molar-refractivity contribution < 1.29 is 14.6 Å². The Morgan fingerprint density at radius 2 is 2.00 bits per heavy atom. The maximum absolute atomic E-state index is 11.4. The van der Waals surface area contributed by atoms with Crippen LogP contribution in [0.5, 0.6) is 5.75 Å². The molecule has 0 radical (unpaired) electrons. The average Bonchev–Trinajstić information content (AvgIpc) is 2.57. The molecule has 5 heteroatoms. The van der Waals surface area contributed by atoms with Crippen molar-refractivity contribution in [2.24, 2.45) is 5.92 Å². The van der Waals surface area contributed by atoms with Crippen molar-refractivity contribution in [3.8, 4) is 5.75 Å². The number of ether oxygens (including phenoxy) is 1. The van der Waals surface area contributed by atoms with Crippen LogP contribution >= 0.6 is 11.6 Å². The van der Waals surface area contributed by atoms with Crippen molar-refractivity contribution in [1.82, 2.24) is 5.32 Å². The quantitative estimate of drug-likeness (QED) is 0.659.